The monoisotopic (exact) mass is 425 g/mol. The maximum absolute atomic E-state index is 13.1. The first kappa shape index (κ1) is 19.1. The van der Waals surface area contributed by atoms with E-state index >= 15 is 0 Å². The zero-order valence-electron chi connectivity index (χ0n) is 16.9. The summed E-state index contributed by atoms with van der Waals surface area (Å²) in [5.41, 5.74) is 0.732. The first-order valence-corrected chi connectivity index (χ1v) is 11.0. The number of aromatic nitrogens is 5. The topological polar surface area (TPSA) is 89.3 Å². The molecule has 3 aromatic heterocycles. The molecule has 10 heteroatoms. The molecule has 0 aliphatic carbocycles. The van der Waals surface area contributed by atoms with Gasteiger partial charge in [0.05, 0.1) is 6.20 Å². The number of imidazole rings is 1. The van der Waals surface area contributed by atoms with Crippen LogP contribution in [0.3, 0.4) is 0 Å². The van der Waals surface area contributed by atoms with Gasteiger partial charge in [-0.15, -0.1) is 11.3 Å². The van der Waals surface area contributed by atoms with Crippen LogP contribution < -0.4 is 9.80 Å². The minimum atomic E-state index is -0.241. The molecule has 1 saturated heterocycles. The highest BCUT2D eigenvalue weighted by Gasteiger charge is 2.41. The number of amides is 1. The number of thiazole rings is 1. The zero-order valence-corrected chi connectivity index (χ0v) is 17.7. The lowest BCUT2D eigenvalue weighted by Crippen LogP contribution is -2.57. The summed E-state index contributed by atoms with van der Waals surface area (Å²) in [6.07, 6.45) is 9.52. The minimum absolute atomic E-state index is 0.0824. The normalized spacial score (nSPS) is 19.9. The highest BCUT2D eigenvalue weighted by molar-refractivity contribution is 7.13. The smallest absolute Gasteiger partial charge is 0.249 e. The van der Waals surface area contributed by atoms with Crippen LogP contribution in [0.1, 0.15) is 26.2 Å². The molecule has 1 fully saturated rings. The molecule has 1 atom stereocenters. The van der Waals surface area contributed by atoms with E-state index in [1.807, 2.05) is 23.1 Å². The lowest BCUT2D eigenvalue weighted by atomic mass is 9.99. The van der Waals surface area contributed by atoms with Crippen molar-refractivity contribution in [1.82, 2.24) is 24.5 Å². The van der Waals surface area contributed by atoms with Gasteiger partial charge in [-0.3, -0.25) is 9.36 Å². The van der Waals surface area contributed by atoms with Crippen LogP contribution in [-0.2, 0) is 9.53 Å². The van der Waals surface area contributed by atoms with E-state index in [2.05, 4.69) is 19.9 Å². The van der Waals surface area contributed by atoms with E-state index < -0.39 is 0 Å². The van der Waals surface area contributed by atoms with Gasteiger partial charge in [0.1, 0.15) is 11.7 Å². The Balaban J connectivity index is 1.62. The molecule has 0 bridgehead atoms. The fraction of sp³-hybridized carbons (Fsp3) is 0.450. The van der Waals surface area contributed by atoms with Crippen LogP contribution in [0.2, 0.25) is 0 Å². The molecule has 0 N–H and O–H groups in total. The predicted molar refractivity (Wildman–Crippen MR) is 114 cm³/mol. The Morgan fingerprint density at radius 1 is 1.20 bits per heavy atom. The summed E-state index contributed by atoms with van der Waals surface area (Å²) in [7, 11) is 1.80. The lowest BCUT2D eigenvalue weighted by molar-refractivity contribution is -0.120. The van der Waals surface area contributed by atoms with Crippen LogP contribution in [0.25, 0.3) is 16.8 Å². The average molecular weight is 426 g/mol. The van der Waals surface area contributed by atoms with Crippen molar-refractivity contribution in [1.29, 1.82) is 0 Å². The van der Waals surface area contributed by atoms with Gasteiger partial charge in [0.2, 0.25) is 11.9 Å². The molecule has 0 spiro atoms. The molecule has 3 aromatic rings. The number of anilines is 2. The summed E-state index contributed by atoms with van der Waals surface area (Å²) in [5.74, 6) is 2.10. The Morgan fingerprint density at radius 3 is 2.77 bits per heavy atom. The number of hydrogen-bond donors (Lipinski definition) is 0. The van der Waals surface area contributed by atoms with Crippen molar-refractivity contribution in [2.24, 2.45) is 0 Å². The van der Waals surface area contributed by atoms with Gasteiger partial charge in [0.25, 0.3) is 0 Å². The van der Waals surface area contributed by atoms with Crippen molar-refractivity contribution < 1.29 is 9.53 Å². The van der Waals surface area contributed by atoms with Gasteiger partial charge in [0, 0.05) is 50.3 Å². The second kappa shape index (κ2) is 7.77. The summed E-state index contributed by atoms with van der Waals surface area (Å²) in [6.45, 7) is 3.45. The molecule has 2 aliphatic heterocycles. The van der Waals surface area contributed by atoms with Crippen molar-refractivity contribution >= 4 is 28.7 Å². The van der Waals surface area contributed by atoms with Crippen molar-refractivity contribution in [2.75, 3.05) is 30.1 Å². The number of carbonyl (C=O) groups excluding carboxylic acids is 1. The lowest BCUT2D eigenvalue weighted by Gasteiger charge is -2.45. The highest BCUT2D eigenvalue weighted by atomic mass is 32.1. The molecule has 1 unspecified atom stereocenters. The van der Waals surface area contributed by atoms with Crippen LogP contribution in [0, 0.1) is 0 Å². The van der Waals surface area contributed by atoms with Gasteiger partial charge in [-0.05, 0) is 19.3 Å². The third-order valence-corrected chi connectivity index (χ3v) is 6.51. The van der Waals surface area contributed by atoms with E-state index in [4.69, 9.17) is 9.72 Å². The first-order valence-electron chi connectivity index (χ1n) is 10.1. The average Bonchev–Trinajstić information content (AvgIpc) is 3.48. The quantitative estimate of drug-likeness (QED) is 0.634. The van der Waals surface area contributed by atoms with Crippen molar-refractivity contribution in [3.8, 4) is 16.8 Å². The van der Waals surface area contributed by atoms with Crippen LogP contribution in [-0.4, -0.2) is 62.8 Å². The van der Waals surface area contributed by atoms with Crippen molar-refractivity contribution in [3.63, 3.8) is 0 Å². The van der Waals surface area contributed by atoms with Gasteiger partial charge in [-0.25, -0.2) is 15.0 Å². The van der Waals surface area contributed by atoms with Gasteiger partial charge in [-0.2, -0.15) is 4.98 Å². The number of carbonyl (C=O) groups is 1. The third kappa shape index (κ3) is 3.07. The van der Waals surface area contributed by atoms with Crippen molar-refractivity contribution in [2.45, 2.75) is 38.3 Å². The Labute approximate surface area is 178 Å². The predicted octanol–water partition coefficient (Wildman–Crippen LogP) is 2.53. The second-order valence-corrected chi connectivity index (χ2v) is 8.30. The maximum atomic E-state index is 13.1. The largest absolute Gasteiger partial charge is 0.381 e. The van der Waals surface area contributed by atoms with Gasteiger partial charge in [-0.1, -0.05) is 6.92 Å². The number of hydrogen-bond acceptors (Lipinski definition) is 8. The van der Waals surface area contributed by atoms with Gasteiger partial charge >= 0.3 is 0 Å². The van der Waals surface area contributed by atoms with E-state index in [1.165, 1.54) is 11.3 Å². The Bertz CT molecular complexity index is 1050. The molecule has 5 rings (SSSR count). The Morgan fingerprint density at radius 2 is 2.03 bits per heavy atom. The van der Waals surface area contributed by atoms with E-state index in [-0.39, 0.29) is 18.0 Å². The number of likely N-dealkylation sites (N-methyl/N-ethyl adjacent to an activating group) is 1. The minimum Gasteiger partial charge on any atom is -0.381 e. The van der Waals surface area contributed by atoms with Crippen LogP contribution >= 0.6 is 11.3 Å². The molecule has 0 radical (unpaired) electrons. The number of fused-ring (bicyclic) bond motifs is 1. The van der Waals surface area contributed by atoms with Crippen LogP contribution in [0.15, 0.2) is 30.2 Å². The zero-order chi connectivity index (χ0) is 20.7. The number of nitrogens with zero attached hydrogens (tertiary/aromatic N) is 7. The standard InChI is InChI=1S/C20H23N7O2S/c1-3-14-19(28)25(2)15-12-23-20(24-16(15)27(14)13-4-9-29-10-5-13)26-8-6-21-17(26)18-22-7-11-30-18/h6-8,11-14H,3-5,9-10H2,1-2H3. The van der Waals surface area contributed by atoms with Gasteiger partial charge < -0.3 is 14.5 Å². The summed E-state index contributed by atoms with van der Waals surface area (Å²) in [5, 5.41) is 2.72. The molecule has 5 heterocycles. The fourth-order valence-corrected chi connectivity index (χ4v) is 4.86. The molecular formula is C20H23N7O2S. The number of ether oxygens (including phenoxy) is 1. The van der Waals surface area contributed by atoms with Crippen LogP contribution in [0.4, 0.5) is 11.5 Å². The summed E-state index contributed by atoms with van der Waals surface area (Å²) < 4.78 is 7.41. The maximum Gasteiger partial charge on any atom is 0.249 e. The number of rotatable bonds is 4. The first-order chi connectivity index (χ1) is 14.7. The highest BCUT2D eigenvalue weighted by Crippen LogP contribution is 2.38. The fourth-order valence-electron chi connectivity index (χ4n) is 4.23. The van der Waals surface area contributed by atoms with E-state index in [0.29, 0.717) is 25.0 Å². The van der Waals surface area contributed by atoms with E-state index in [0.717, 1.165) is 35.8 Å². The Kier molecular flexibility index (Phi) is 4.95. The van der Waals surface area contributed by atoms with Gasteiger partial charge in [0.15, 0.2) is 16.6 Å². The molecule has 1 amide bonds. The Hall–Kier alpha value is -2.85. The summed E-state index contributed by atoms with van der Waals surface area (Å²) in [4.78, 5) is 35.3. The molecule has 9 nitrogen and oxygen atoms in total. The summed E-state index contributed by atoms with van der Waals surface area (Å²) in [6, 6.07) is -0.0290. The van der Waals surface area contributed by atoms with Crippen LogP contribution in [0.5, 0.6) is 0 Å². The molecule has 0 aromatic carbocycles. The van der Waals surface area contributed by atoms with E-state index in [9.17, 15) is 4.79 Å². The molecule has 2 aliphatic rings. The molecule has 30 heavy (non-hydrogen) atoms. The SMILES string of the molecule is CCC1C(=O)N(C)c2cnc(-n3ccnc3-c3nccs3)nc2N1C1CCOCC1. The third-order valence-electron chi connectivity index (χ3n) is 5.75. The second-order valence-electron chi connectivity index (χ2n) is 7.41. The molecule has 156 valence electrons. The van der Waals surface area contributed by atoms with E-state index in [1.54, 1.807) is 30.5 Å². The molecule has 0 saturated carbocycles. The molecular weight excluding hydrogens is 402 g/mol. The van der Waals surface area contributed by atoms with Crippen molar-refractivity contribution in [3.05, 3.63) is 30.2 Å². The summed E-state index contributed by atoms with van der Waals surface area (Å²) >= 11 is 1.52.